The van der Waals surface area contributed by atoms with Crippen LogP contribution in [0.5, 0.6) is 0 Å². The fraction of sp³-hybridized carbons (Fsp3) is 0.125. The van der Waals surface area contributed by atoms with E-state index in [1.165, 1.54) is 0 Å². The molecule has 0 aliphatic carbocycles. The molecule has 2 aromatic carbocycles. The molecule has 98 valence electrons. The first-order valence-corrected chi connectivity index (χ1v) is 6.53. The van der Waals surface area contributed by atoms with E-state index in [-0.39, 0.29) is 6.61 Å². The molecule has 0 aliphatic rings. The number of aryl methyl sites for hydroxylation is 1. The van der Waals surface area contributed by atoms with Gasteiger partial charge in [0.05, 0.1) is 23.2 Å². The molecular weight excluding hydrogens is 250 g/mol. The summed E-state index contributed by atoms with van der Waals surface area (Å²) in [5, 5.41) is 10.5. The minimum atomic E-state index is -0.0255. The zero-order chi connectivity index (χ0) is 13.7. The van der Waals surface area contributed by atoms with E-state index in [2.05, 4.69) is 16.7 Å². The molecule has 1 N–H and O–H groups in total. The predicted molar refractivity (Wildman–Crippen MR) is 79.4 cm³/mol. The maximum Gasteiger partial charge on any atom is 0.160 e. The molecular formula is C16H13N3O. The zero-order valence-electron chi connectivity index (χ0n) is 11.0. The normalized spacial score (nSPS) is 11.7. The molecule has 0 amide bonds. The highest BCUT2D eigenvalue weighted by atomic mass is 16.3. The number of aliphatic hydroxyl groups excluding tert-OH is 1. The van der Waals surface area contributed by atoms with Crippen molar-refractivity contribution in [3.05, 3.63) is 48.0 Å². The Morgan fingerprint density at radius 1 is 1.00 bits per heavy atom. The molecule has 4 rings (SSSR count). The number of nitrogens with zero attached hydrogens (tertiary/aromatic N) is 3. The number of para-hydroxylation sites is 2. The van der Waals surface area contributed by atoms with E-state index in [9.17, 15) is 5.11 Å². The van der Waals surface area contributed by atoms with E-state index in [1.807, 2.05) is 37.4 Å². The number of aromatic nitrogens is 3. The molecule has 0 atom stereocenters. The van der Waals surface area contributed by atoms with Crippen LogP contribution in [0.1, 0.15) is 5.56 Å². The maximum atomic E-state index is 9.45. The van der Waals surface area contributed by atoms with Crippen molar-refractivity contribution < 1.29 is 5.11 Å². The molecule has 4 heteroatoms. The van der Waals surface area contributed by atoms with Crippen LogP contribution in [-0.2, 0) is 13.7 Å². The highest BCUT2D eigenvalue weighted by molar-refractivity contribution is 6.06. The fourth-order valence-electron chi connectivity index (χ4n) is 2.75. The molecule has 0 spiro atoms. The third kappa shape index (κ3) is 1.39. The molecule has 0 unspecified atom stereocenters. The van der Waals surface area contributed by atoms with Gasteiger partial charge in [0.25, 0.3) is 0 Å². The summed E-state index contributed by atoms with van der Waals surface area (Å²) in [6, 6.07) is 13.9. The largest absolute Gasteiger partial charge is 0.392 e. The Balaban J connectivity index is 2.26. The number of rotatable bonds is 1. The highest BCUT2D eigenvalue weighted by Gasteiger charge is 2.12. The summed E-state index contributed by atoms with van der Waals surface area (Å²) >= 11 is 0. The summed E-state index contributed by atoms with van der Waals surface area (Å²) in [6.07, 6.45) is 0. The average Bonchev–Trinajstić information content (AvgIpc) is 2.78. The van der Waals surface area contributed by atoms with Gasteiger partial charge in [0.15, 0.2) is 5.65 Å². The summed E-state index contributed by atoms with van der Waals surface area (Å²) in [5.74, 6) is 0. The van der Waals surface area contributed by atoms with Gasteiger partial charge in [0, 0.05) is 18.0 Å². The molecule has 0 radical (unpaired) electrons. The van der Waals surface area contributed by atoms with Gasteiger partial charge in [-0.2, -0.15) is 0 Å². The lowest BCUT2D eigenvalue weighted by atomic mass is 10.2. The monoisotopic (exact) mass is 263 g/mol. The Hall–Kier alpha value is -2.46. The standard InChI is InChI=1S/C16H13N3O/c1-19-13-8-3-2-6-11(13)15-16(19)17-12-7-4-5-10(9-20)14(12)18-15/h2-8,20H,9H2,1H3. The second-order valence-electron chi connectivity index (χ2n) is 4.91. The summed E-state index contributed by atoms with van der Waals surface area (Å²) in [5.41, 5.74) is 5.27. The van der Waals surface area contributed by atoms with Crippen LogP contribution >= 0.6 is 0 Å². The van der Waals surface area contributed by atoms with Crippen molar-refractivity contribution in [3.8, 4) is 0 Å². The van der Waals surface area contributed by atoms with Gasteiger partial charge in [-0.3, -0.25) is 0 Å². The van der Waals surface area contributed by atoms with Crippen LogP contribution in [0.25, 0.3) is 33.1 Å². The van der Waals surface area contributed by atoms with E-state index < -0.39 is 0 Å². The third-order valence-corrected chi connectivity index (χ3v) is 3.77. The van der Waals surface area contributed by atoms with Crippen LogP contribution in [0.4, 0.5) is 0 Å². The van der Waals surface area contributed by atoms with Crippen molar-refractivity contribution in [2.75, 3.05) is 0 Å². The van der Waals surface area contributed by atoms with Crippen molar-refractivity contribution in [2.24, 2.45) is 7.05 Å². The lowest BCUT2D eigenvalue weighted by Crippen LogP contribution is -1.94. The van der Waals surface area contributed by atoms with Gasteiger partial charge in [-0.15, -0.1) is 0 Å². The van der Waals surface area contributed by atoms with Gasteiger partial charge in [0.2, 0.25) is 0 Å². The Labute approximate surface area is 115 Å². The first-order chi connectivity index (χ1) is 9.79. The molecule has 4 nitrogen and oxygen atoms in total. The first-order valence-electron chi connectivity index (χ1n) is 6.53. The van der Waals surface area contributed by atoms with Crippen molar-refractivity contribution in [3.63, 3.8) is 0 Å². The van der Waals surface area contributed by atoms with Crippen LogP contribution in [0, 0.1) is 0 Å². The number of aliphatic hydroxyl groups is 1. The van der Waals surface area contributed by atoms with Crippen molar-refractivity contribution >= 4 is 33.1 Å². The van der Waals surface area contributed by atoms with Crippen LogP contribution in [0.15, 0.2) is 42.5 Å². The molecule has 0 saturated carbocycles. The Kier molecular flexibility index (Phi) is 2.28. The van der Waals surface area contributed by atoms with E-state index in [1.54, 1.807) is 0 Å². The zero-order valence-corrected chi connectivity index (χ0v) is 11.0. The topological polar surface area (TPSA) is 50.9 Å². The van der Waals surface area contributed by atoms with Gasteiger partial charge in [0.1, 0.15) is 5.52 Å². The minimum absolute atomic E-state index is 0.0255. The van der Waals surface area contributed by atoms with Crippen molar-refractivity contribution in [1.82, 2.24) is 14.5 Å². The molecule has 20 heavy (non-hydrogen) atoms. The Morgan fingerprint density at radius 3 is 2.70 bits per heavy atom. The second-order valence-corrected chi connectivity index (χ2v) is 4.91. The number of hydrogen-bond acceptors (Lipinski definition) is 3. The summed E-state index contributed by atoms with van der Waals surface area (Å²) in [7, 11) is 2.00. The van der Waals surface area contributed by atoms with Crippen molar-refractivity contribution in [2.45, 2.75) is 6.61 Å². The number of benzene rings is 2. The molecule has 0 bridgehead atoms. The maximum absolute atomic E-state index is 9.45. The molecule has 2 aromatic heterocycles. The van der Waals surface area contributed by atoms with Gasteiger partial charge < -0.3 is 9.67 Å². The lowest BCUT2D eigenvalue weighted by Gasteiger charge is -2.03. The fourth-order valence-corrected chi connectivity index (χ4v) is 2.75. The highest BCUT2D eigenvalue weighted by Crippen LogP contribution is 2.27. The van der Waals surface area contributed by atoms with Crippen LogP contribution in [0.3, 0.4) is 0 Å². The summed E-state index contributed by atoms with van der Waals surface area (Å²) in [4.78, 5) is 9.47. The second kappa shape index (κ2) is 4.02. The summed E-state index contributed by atoms with van der Waals surface area (Å²) < 4.78 is 2.06. The van der Waals surface area contributed by atoms with E-state index in [0.29, 0.717) is 0 Å². The summed E-state index contributed by atoms with van der Waals surface area (Å²) in [6.45, 7) is -0.0255. The Morgan fingerprint density at radius 2 is 1.85 bits per heavy atom. The van der Waals surface area contributed by atoms with Crippen LogP contribution in [0.2, 0.25) is 0 Å². The van der Waals surface area contributed by atoms with Crippen LogP contribution < -0.4 is 0 Å². The van der Waals surface area contributed by atoms with E-state index >= 15 is 0 Å². The van der Waals surface area contributed by atoms with E-state index in [4.69, 9.17) is 9.97 Å². The molecule has 4 aromatic rings. The van der Waals surface area contributed by atoms with Crippen LogP contribution in [-0.4, -0.2) is 19.6 Å². The number of hydrogen-bond donors (Lipinski definition) is 1. The Bertz CT molecular complexity index is 956. The van der Waals surface area contributed by atoms with Gasteiger partial charge >= 0.3 is 0 Å². The van der Waals surface area contributed by atoms with Gasteiger partial charge in [-0.05, 0) is 12.1 Å². The average molecular weight is 263 g/mol. The molecule has 0 saturated heterocycles. The molecule has 0 aliphatic heterocycles. The first kappa shape index (κ1) is 11.4. The SMILES string of the molecule is Cn1c2ccccc2c2nc3c(CO)cccc3nc21. The number of fused-ring (bicyclic) bond motifs is 4. The predicted octanol–water partition coefficient (Wildman–Crippen LogP) is 2.77. The van der Waals surface area contributed by atoms with E-state index in [0.717, 1.165) is 38.7 Å². The minimum Gasteiger partial charge on any atom is -0.392 e. The van der Waals surface area contributed by atoms with Gasteiger partial charge in [-0.1, -0.05) is 30.3 Å². The smallest absolute Gasteiger partial charge is 0.160 e. The quantitative estimate of drug-likeness (QED) is 0.574. The molecule has 2 heterocycles. The third-order valence-electron chi connectivity index (χ3n) is 3.77. The van der Waals surface area contributed by atoms with Gasteiger partial charge in [-0.25, -0.2) is 9.97 Å². The lowest BCUT2D eigenvalue weighted by molar-refractivity contribution is 0.283. The van der Waals surface area contributed by atoms with Crippen molar-refractivity contribution in [1.29, 1.82) is 0 Å². The molecule has 0 fully saturated rings.